The number of allylic oxidation sites excluding steroid dienone is 2. The average molecular weight is 383 g/mol. The Morgan fingerprint density at radius 3 is 2.64 bits per heavy atom. The van der Waals surface area contributed by atoms with Gasteiger partial charge in [-0.1, -0.05) is 6.07 Å². The van der Waals surface area contributed by atoms with Gasteiger partial charge in [-0.25, -0.2) is 8.78 Å². The number of carbonyl (C=O) groups excluding carboxylic acids is 1. The number of nitrogens with one attached hydrogen (secondary N) is 1. The van der Waals surface area contributed by atoms with Gasteiger partial charge in [0.2, 0.25) is 5.91 Å². The van der Waals surface area contributed by atoms with E-state index >= 15 is 0 Å². The van der Waals surface area contributed by atoms with Crippen LogP contribution in [0.15, 0.2) is 60.4 Å². The van der Waals surface area contributed by atoms with Crippen LogP contribution < -0.4 is 10.1 Å². The molecule has 0 spiro atoms. The number of hydrogen-bond donors (Lipinski definition) is 1. The lowest BCUT2D eigenvalue weighted by atomic mass is 9.97. The predicted octanol–water partition coefficient (Wildman–Crippen LogP) is 4.94. The van der Waals surface area contributed by atoms with Gasteiger partial charge in [0.05, 0.1) is 13.4 Å². The van der Waals surface area contributed by atoms with Crippen LogP contribution in [0, 0.1) is 11.6 Å². The van der Waals surface area contributed by atoms with Crippen LogP contribution in [0.25, 0.3) is 11.6 Å². The quantitative estimate of drug-likeness (QED) is 0.744. The largest absolute Gasteiger partial charge is 0.497 e. The van der Waals surface area contributed by atoms with Gasteiger partial charge < -0.3 is 14.8 Å². The molecular formula is C22H19F2NO3. The first-order valence-electron chi connectivity index (χ1n) is 8.60. The number of anilines is 1. The number of rotatable bonds is 5. The third kappa shape index (κ3) is 4.28. The van der Waals surface area contributed by atoms with Crippen molar-refractivity contribution in [3.8, 4) is 5.75 Å². The van der Waals surface area contributed by atoms with Crippen molar-refractivity contribution >= 4 is 23.2 Å². The summed E-state index contributed by atoms with van der Waals surface area (Å²) in [5, 5.41) is 2.66. The molecule has 1 aliphatic rings. The van der Waals surface area contributed by atoms with Gasteiger partial charge in [0.25, 0.3) is 0 Å². The molecule has 0 saturated heterocycles. The Morgan fingerprint density at radius 1 is 1.21 bits per heavy atom. The van der Waals surface area contributed by atoms with Crippen LogP contribution in [-0.2, 0) is 9.53 Å². The van der Waals surface area contributed by atoms with E-state index < -0.39 is 17.5 Å². The normalized spacial score (nSPS) is 13.6. The van der Waals surface area contributed by atoms with E-state index in [-0.39, 0.29) is 5.56 Å². The zero-order chi connectivity index (χ0) is 20.1. The zero-order valence-electron chi connectivity index (χ0n) is 15.5. The second-order valence-electron chi connectivity index (χ2n) is 6.12. The van der Waals surface area contributed by atoms with E-state index in [0.29, 0.717) is 18.0 Å². The molecule has 0 bridgehead atoms. The first-order chi connectivity index (χ1) is 13.5. The first-order valence-corrected chi connectivity index (χ1v) is 8.60. The van der Waals surface area contributed by atoms with Crippen molar-refractivity contribution in [2.75, 3.05) is 19.0 Å². The summed E-state index contributed by atoms with van der Waals surface area (Å²) in [7, 11) is 1.55. The fraction of sp³-hybridized carbons (Fsp3) is 0.136. The average Bonchev–Trinajstić information content (AvgIpc) is 2.68. The van der Waals surface area contributed by atoms with Crippen molar-refractivity contribution in [1.82, 2.24) is 0 Å². The van der Waals surface area contributed by atoms with Gasteiger partial charge in [-0.15, -0.1) is 0 Å². The molecule has 144 valence electrons. The lowest BCUT2D eigenvalue weighted by molar-refractivity contribution is -0.111. The summed E-state index contributed by atoms with van der Waals surface area (Å²) in [5.41, 5.74) is 3.08. The molecule has 1 heterocycles. The fourth-order valence-corrected chi connectivity index (χ4v) is 2.86. The van der Waals surface area contributed by atoms with E-state index in [0.717, 1.165) is 41.0 Å². The second kappa shape index (κ2) is 8.52. The zero-order valence-corrected chi connectivity index (χ0v) is 15.5. The van der Waals surface area contributed by atoms with E-state index in [1.54, 1.807) is 25.5 Å². The molecule has 0 fully saturated rings. The first kappa shape index (κ1) is 19.4. The van der Waals surface area contributed by atoms with Crippen molar-refractivity contribution < 1.29 is 23.0 Å². The van der Waals surface area contributed by atoms with Crippen LogP contribution in [0.2, 0.25) is 0 Å². The van der Waals surface area contributed by atoms with Crippen molar-refractivity contribution in [3.05, 3.63) is 83.1 Å². The molecule has 28 heavy (non-hydrogen) atoms. The van der Waals surface area contributed by atoms with Crippen molar-refractivity contribution in [1.29, 1.82) is 0 Å². The number of benzene rings is 2. The summed E-state index contributed by atoms with van der Waals surface area (Å²) in [4.78, 5) is 12.1. The van der Waals surface area contributed by atoms with Crippen LogP contribution in [0.4, 0.5) is 14.5 Å². The molecule has 0 saturated carbocycles. The molecule has 3 rings (SSSR count). The molecule has 4 nitrogen and oxygen atoms in total. The van der Waals surface area contributed by atoms with Crippen LogP contribution >= 0.6 is 0 Å². The van der Waals surface area contributed by atoms with E-state index in [1.165, 1.54) is 6.07 Å². The highest BCUT2D eigenvalue weighted by Gasteiger charge is 2.14. The molecule has 2 aromatic carbocycles. The molecule has 1 N–H and O–H groups in total. The van der Waals surface area contributed by atoms with Crippen LogP contribution in [0.1, 0.15) is 18.1 Å². The predicted molar refractivity (Wildman–Crippen MR) is 105 cm³/mol. The third-order valence-corrected chi connectivity index (χ3v) is 4.23. The molecule has 1 aliphatic heterocycles. The maximum atomic E-state index is 13.6. The lowest BCUT2D eigenvalue weighted by Crippen LogP contribution is -2.08. The summed E-state index contributed by atoms with van der Waals surface area (Å²) in [6.07, 6.45) is 5.83. The Kier molecular flexibility index (Phi) is 5.89. The molecule has 0 atom stereocenters. The summed E-state index contributed by atoms with van der Waals surface area (Å²) in [5.74, 6) is -1.40. The highest BCUT2D eigenvalue weighted by Crippen LogP contribution is 2.34. The van der Waals surface area contributed by atoms with Gasteiger partial charge in [0, 0.05) is 29.0 Å². The second-order valence-corrected chi connectivity index (χ2v) is 6.12. The summed E-state index contributed by atoms with van der Waals surface area (Å²) in [6.45, 7) is 2.42. The van der Waals surface area contributed by atoms with Gasteiger partial charge in [-0.2, -0.15) is 0 Å². The van der Waals surface area contributed by atoms with Crippen molar-refractivity contribution in [2.45, 2.75) is 6.92 Å². The molecule has 0 aromatic heterocycles. The summed E-state index contributed by atoms with van der Waals surface area (Å²) < 4.78 is 38.0. The SMILES string of the molecule is COc1cc(NC(=O)C=Cc2c(F)cccc2F)ccc1C1=CCOC=C1C. The number of halogens is 2. The van der Waals surface area contributed by atoms with E-state index in [4.69, 9.17) is 9.47 Å². The third-order valence-electron chi connectivity index (χ3n) is 4.23. The monoisotopic (exact) mass is 383 g/mol. The molecule has 6 heteroatoms. The van der Waals surface area contributed by atoms with Crippen LogP contribution in [-0.4, -0.2) is 19.6 Å². The van der Waals surface area contributed by atoms with Gasteiger partial charge in [-0.05, 0) is 54.5 Å². The number of hydrogen-bond acceptors (Lipinski definition) is 3. The maximum Gasteiger partial charge on any atom is 0.248 e. The van der Waals surface area contributed by atoms with Crippen LogP contribution in [0.3, 0.4) is 0 Å². The Labute approximate surface area is 161 Å². The summed E-state index contributed by atoms with van der Waals surface area (Å²) in [6, 6.07) is 8.78. The van der Waals surface area contributed by atoms with Gasteiger partial charge in [-0.3, -0.25) is 4.79 Å². The highest BCUT2D eigenvalue weighted by atomic mass is 19.1. The minimum Gasteiger partial charge on any atom is -0.497 e. The van der Waals surface area contributed by atoms with Crippen molar-refractivity contribution in [2.24, 2.45) is 0 Å². The molecule has 2 aromatic rings. The molecule has 0 radical (unpaired) electrons. The molecule has 0 unspecified atom stereocenters. The minimum absolute atomic E-state index is 0.265. The minimum atomic E-state index is -0.733. The Bertz CT molecular complexity index is 973. The Morgan fingerprint density at radius 2 is 1.96 bits per heavy atom. The van der Waals surface area contributed by atoms with Gasteiger partial charge in [0.1, 0.15) is 24.0 Å². The van der Waals surface area contributed by atoms with E-state index in [1.807, 2.05) is 19.1 Å². The molecule has 1 amide bonds. The van der Waals surface area contributed by atoms with Crippen LogP contribution in [0.5, 0.6) is 5.75 Å². The highest BCUT2D eigenvalue weighted by molar-refractivity contribution is 6.02. The topological polar surface area (TPSA) is 47.6 Å². The fourth-order valence-electron chi connectivity index (χ4n) is 2.86. The van der Waals surface area contributed by atoms with Gasteiger partial charge in [0.15, 0.2) is 0 Å². The number of amides is 1. The smallest absolute Gasteiger partial charge is 0.248 e. The number of methoxy groups -OCH3 is 1. The Hall–Kier alpha value is -3.41. The molecular weight excluding hydrogens is 364 g/mol. The Balaban J connectivity index is 1.78. The standard InChI is InChI=1S/C22H19F2NO3/c1-14-13-28-11-10-16(14)17-7-6-15(12-21(17)27-2)25-22(26)9-8-18-19(23)4-3-5-20(18)24/h3-10,12-13H,11H2,1-2H3,(H,25,26). The molecule has 0 aliphatic carbocycles. The van der Waals surface area contributed by atoms with Crippen molar-refractivity contribution in [3.63, 3.8) is 0 Å². The maximum absolute atomic E-state index is 13.6. The lowest BCUT2D eigenvalue weighted by Gasteiger charge is -2.17. The summed E-state index contributed by atoms with van der Waals surface area (Å²) >= 11 is 0. The van der Waals surface area contributed by atoms with E-state index in [2.05, 4.69) is 5.32 Å². The van der Waals surface area contributed by atoms with E-state index in [9.17, 15) is 13.6 Å². The number of ether oxygens (including phenoxy) is 2. The van der Waals surface area contributed by atoms with Gasteiger partial charge >= 0.3 is 0 Å². The number of carbonyl (C=O) groups is 1.